The first kappa shape index (κ1) is 15.3. The lowest BCUT2D eigenvalue weighted by atomic mass is 9.93. The molecule has 1 aromatic carbocycles. The Morgan fingerprint density at radius 3 is 2.43 bits per heavy atom. The third kappa shape index (κ3) is 4.46. The van der Waals surface area contributed by atoms with Crippen molar-refractivity contribution in [1.82, 2.24) is 10.6 Å². The third-order valence-electron chi connectivity index (χ3n) is 3.70. The van der Waals surface area contributed by atoms with Gasteiger partial charge in [0, 0.05) is 6.54 Å². The second kappa shape index (κ2) is 7.08. The van der Waals surface area contributed by atoms with Gasteiger partial charge >= 0.3 is 12.0 Å². The minimum absolute atomic E-state index is 0.187. The van der Waals surface area contributed by atoms with Crippen LogP contribution >= 0.6 is 0 Å². The van der Waals surface area contributed by atoms with Crippen LogP contribution in [0.3, 0.4) is 0 Å². The molecular weight excluding hydrogens is 272 g/mol. The fourth-order valence-electron chi connectivity index (χ4n) is 2.45. The lowest BCUT2D eigenvalue weighted by Gasteiger charge is -2.28. The molecule has 1 aliphatic rings. The molecule has 1 aromatic rings. The van der Waals surface area contributed by atoms with Crippen LogP contribution in [0.2, 0.25) is 0 Å². The van der Waals surface area contributed by atoms with Crippen LogP contribution in [-0.4, -0.2) is 34.4 Å². The first-order valence-corrected chi connectivity index (χ1v) is 7.11. The van der Waals surface area contributed by atoms with Gasteiger partial charge in [-0.3, -0.25) is 0 Å². The van der Waals surface area contributed by atoms with Crippen molar-refractivity contribution in [3.05, 3.63) is 35.4 Å². The predicted molar refractivity (Wildman–Crippen MR) is 77.0 cm³/mol. The molecule has 0 aromatic heterocycles. The number of hydrogen-bond donors (Lipinski definition) is 4. The lowest BCUT2D eigenvalue weighted by molar-refractivity contribution is 0.0697. The number of nitrogens with one attached hydrogen (secondary N) is 2. The minimum Gasteiger partial charge on any atom is -0.478 e. The molecule has 0 saturated heterocycles. The smallest absolute Gasteiger partial charge is 0.335 e. The predicted octanol–water partition coefficient (Wildman–Crippen LogP) is 1.49. The first-order chi connectivity index (χ1) is 10.1. The van der Waals surface area contributed by atoms with Crippen LogP contribution in [0.5, 0.6) is 0 Å². The Morgan fingerprint density at radius 1 is 1.14 bits per heavy atom. The first-order valence-electron chi connectivity index (χ1n) is 7.11. The highest BCUT2D eigenvalue weighted by Crippen LogP contribution is 2.18. The average molecular weight is 292 g/mol. The van der Waals surface area contributed by atoms with E-state index in [4.69, 9.17) is 5.11 Å². The fraction of sp³-hybridized carbons (Fsp3) is 0.467. The van der Waals surface area contributed by atoms with Crippen molar-refractivity contribution in [1.29, 1.82) is 0 Å². The van der Waals surface area contributed by atoms with E-state index in [1.54, 1.807) is 12.1 Å². The SMILES string of the molecule is O=C(NCc1ccc(C(=O)O)cc1)N[C@H]1CCCC[C@@H]1O. The second-order valence-electron chi connectivity index (χ2n) is 5.29. The third-order valence-corrected chi connectivity index (χ3v) is 3.70. The Kier molecular flexibility index (Phi) is 5.16. The van der Waals surface area contributed by atoms with Gasteiger partial charge in [0.2, 0.25) is 0 Å². The summed E-state index contributed by atoms with van der Waals surface area (Å²) in [5.41, 5.74) is 1.04. The molecule has 4 N–H and O–H groups in total. The van der Waals surface area contributed by atoms with Crippen LogP contribution < -0.4 is 10.6 Å². The van der Waals surface area contributed by atoms with E-state index in [0.717, 1.165) is 31.2 Å². The Balaban J connectivity index is 1.79. The second-order valence-corrected chi connectivity index (χ2v) is 5.29. The van der Waals surface area contributed by atoms with Gasteiger partial charge in [-0.05, 0) is 30.5 Å². The van der Waals surface area contributed by atoms with Crippen molar-refractivity contribution in [2.45, 2.75) is 44.4 Å². The number of aromatic carboxylic acids is 1. The van der Waals surface area contributed by atoms with Gasteiger partial charge in [0.05, 0.1) is 17.7 Å². The van der Waals surface area contributed by atoms with Gasteiger partial charge in [-0.15, -0.1) is 0 Å². The molecule has 0 radical (unpaired) electrons. The van der Waals surface area contributed by atoms with Crippen LogP contribution in [0, 0.1) is 0 Å². The highest BCUT2D eigenvalue weighted by atomic mass is 16.4. The van der Waals surface area contributed by atoms with Gasteiger partial charge < -0.3 is 20.8 Å². The summed E-state index contributed by atoms with van der Waals surface area (Å²) in [6, 6.07) is 5.83. The monoisotopic (exact) mass is 292 g/mol. The topological polar surface area (TPSA) is 98.7 Å². The zero-order valence-corrected chi connectivity index (χ0v) is 11.7. The molecular formula is C15H20N2O4. The number of amides is 2. The van der Waals surface area contributed by atoms with Crippen LogP contribution in [-0.2, 0) is 6.54 Å². The fourth-order valence-corrected chi connectivity index (χ4v) is 2.45. The normalized spacial score (nSPS) is 21.6. The van der Waals surface area contributed by atoms with Crippen LogP contribution in [0.4, 0.5) is 4.79 Å². The zero-order chi connectivity index (χ0) is 15.2. The van der Waals surface area contributed by atoms with E-state index in [2.05, 4.69) is 10.6 Å². The van der Waals surface area contributed by atoms with Gasteiger partial charge in [-0.25, -0.2) is 9.59 Å². The molecule has 6 heteroatoms. The van der Waals surface area contributed by atoms with E-state index in [-0.39, 0.29) is 17.6 Å². The number of carboxylic acids is 1. The highest BCUT2D eigenvalue weighted by Gasteiger charge is 2.24. The Morgan fingerprint density at radius 2 is 1.81 bits per heavy atom. The molecule has 2 amide bonds. The maximum absolute atomic E-state index is 11.8. The maximum atomic E-state index is 11.8. The van der Waals surface area contributed by atoms with Crippen molar-refractivity contribution in [2.24, 2.45) is 0 Å². The number of rotatable bonds is 4. The Bertz CT molecular complexity index is 501. The molecule has 2 atom stereocenters. The molecule has 0 spiro atoms. The molecule has 0 aliphatic heterocycles. The van der Waals surface area contributed by atoms with Crippen LogP contribution in [0.15, 0.2) is 24.3 Å². The van der Waals surface area contributed by atoms with E-state index in [1.807, 2.05) is 0 Å². The van der Waals surface area contributed by atoms with E-state index in [0.29, 0.717) is 6.54 Å². The molecule has 0 bridgehead atoms. The van der Waals surface area contributed by atoms with Crippen molar-refractivity contribution < 1.29 is 19.8 Å². The zero-order valence-electron chi connectivity index (χ0n) is 11.7. The van der Waals surface area contributed by atoms with E-state index >= 15 is 0 Å². The van der Waals surface area contributed by atoms with Crippen molar-refractivity contribution in [2.75, 3.05) is 0 Å². The summed E-state index contributed by atoms with van der Waals surface area (Å²) in [4.78, 5) is 22.5. The summed E-state index contributed by atoms with van der Waals surface area (Å²) in [5.74, 6) is -0.974. The Hall–Kier alpha value is -2.08. The molecule has 0 heterocycles. The number of aliphatic hydroxyl groups is 1. The lowest BCUT2D eigenvalue weighted by Crippen LogP contribution is -2.48. The van der Waals surface area contributed by atoms with Gasteiger partial charge in [0.15, 0.2) is 0 Å². The number of urea groups is 1. The van der Waals surface area contributed by atoms with Crippen molar-refractivity contribution >= 4 is 12.0 Å². The standard InChI is InChI=1S/C15H20N2O4/c18-13-4-2-1-3-12(13)17-15(21)16-9-10-5-7-11(8-6-10)14(19)20/h5-8,12-13,18H,1-4,9H2,(H,19,20)(H2,16,17,21)/t12-,13-/m0/s1. The van der Waals surface area contributed by atoms with Crippen LogP contribution in [0.25, 0.3) is 0 Å². The summed E-state index contributed by atoms with van der Waals surface area (Å²) in [5, 5.41) is 24.1. The van der Waals surface area contributed by atoms with E-state index in [1.165, 1.54) is 12.1 Å². The minimum atomic E-state index is -0.974. The van der Waals surface area contributed by atoms with E-state index < -0.39 is 12.1 Å². The summed E-state index contributed by atoms with van der Waals surface area (Å²) in [6.45, 7) is 0.314. The molecule has 1 saturated carbocycles. The number of carbonyl (C=O) groups is 2. The summed E-state index contributed by atoms with van der Waals surface area (Å²) < 4.78 is 0. The van der Waals surface area contributed by atoms with Crippen molar-refractivity contribution in [3.63, 3.8) is 0 Å². The Labute approximate surface area is 123 Å². The summed E-state index contributed by atoms with van der Waals surface area (Å²) in [6.07, 6.45) is 3.05. The number of carbonyl (C=O) groups excluding carboxylic acids is 1. The van der Waals surface area contributed by atoms with Gasteiger partial charge in [-0.2, -0.15) is 0 Å². The summed E-state index contributed by atoms with van der Waals surface area (Å²) >= 11 is 0. The number of carboxylic acid groups (broad SMARTS) is 1. The molecule has 1 aliphatic carbocycles. The largest absolute Gasteiger partial charge is 0.478 e. The quantitative estimate of drug-likeness (QED) is 0.675. The summed E-state index contributed by atoms with van der Waals surface area (Å²) in [7, 11) is 0. The molecule has 6 nitrogen and oxygen atoms in total. The van der Waals surface area contributed by atoms with Crippen LogP contribution in [0.1, 0.15) is 41.6 Å². The number of hydrogen-bond acceptors (Lipinski definition) is 3. The molecule has 1 fully saturated rings. The van der Waals surface area contributed by atoms with Gasteiger partial charge in [0.25, 0.3) is 0 Å². The molecule has 21 heavy (non-hydrogen) atoms. The van der Waals surface area contributed by atoms with Crippen molar-refractivity contribution in [3.8, 4) is 0 Å². The molecule has 2 rings (SSSR count). The maximum Gasteiger partial charge on any atom is 0.335 e. The molecule has 114 valence electrons. The van der Waals surface area contributed by atoms with E-state index in [9.17, 15) is 14.7 Å². The number of aliphatic hydroxyl groups excluding tert-OH is 1. The average Bonchev–Trinajstić information content (AvgIpc) is 2.48. The number of benzene rings is 1. The highest BCUT2D eigenvalue weighted by molar-refractivity contribution is 5.87. The molecule has 0 unspecified atom stereocenters. The van der Waals surface area contributed by atoms with Gasteiger partial charge in [0.1, 0.15) is 0 Å². The van der Waals surface area contributed by atoms with Gasteiger partial charge in [-0.1, -0.05) is 25.0 Å².